The molecule has 0 heterocycles. The van der Waals surface area contributed by atoms with Gasteiger partial charge in [-0.1, -0.05) is 24.3 Å². The lowest BCUT2D eigenvalue weighted by molar-refractivity contribution is 0.0470. The van der Waals surface area contributed by atoms with E-state index in [1.54, 1.807) is 25.3 Å². The van der Waals surface area contributed by atoms with Crippen molar-refractivity contribution in [1.29, 1.82) is 0 Å². The second kappa shape index (κ2) is 8.56. The number of rotatable bonds is 9. The number of fused-ring (bicyclic) bond motifs is 1. The molecule has 0 spiro atoms. The highest BCUT2D eigenvalue weighted by Crippen LogP contribution is 2.41. The molecule has 0 radical (unpaired) electrons. The monoisotopic (exact) mass is 395 g/mol. The van der Waals surface area contributed by atoms with Gasteiger partial charge in [0, 0.05) is 24.2 Å². The minimum absolute atomic E-state index is 0.0215. The van der Waals surface area contributed by atoms with Crippen molar-refractivity contribution < 1.29 is 19.4 Å². The standard InChI is InChI=1S/C24H29NO4/c1-16(26)18-8-12-23(24(13-18)28-2)29-15-20(27)14-25(19-9-10-19)22-11-7-17-5-3-4-6-21(17)22/h3-6,8,12-13,19-20,22,27H,7,9-11,14-15H2,1-2H3. The second-order valence-corrected chi connectivity index (χ2v) is 8.07. The fourth-order valence-corrected chi connectivity index (χ4v) is 4.30. The van der Waals surface area contributed by atoms with Crippen molar-refractivity contribution in [2.24, 2.45) is 0 Å². The zero-order valence-corrected chi connectivity index (χ0v) is 17.1. The minimum atomic E-state index is -0.597. The lowest BCUT2D eigenvalue weighted by atomic mass is 10.1. The summed E-state index contributed by atoms with van der Waals surface area (Å²) in [5.74, 6) is 1.03. The zero-order valence-electron chi connectivity index (χ0n) is 17.1. The van der Waals surface area contributed by atoms with E-state index in [0.29, 0.717) is 35.7 Å². The molecule has 1 fully saturated rings. The Morgan fingerprint density at radius 1 is 1.17 bits per heavy atom. The van der Waals surface area contributed by atoms with Crippen LogP contribution in [0.2, 0.25) is 0 Å². The molecule has 0 bridgehead atoms. The molecule has 2 atom stereocenters. The number of hydrogen-bond donors (Lipinski definition) is 1. The first kappa shape index (κ1) is 19.9. The summed E-state index contributed by atoms with van der Waals surface area (Å²) in [7, 11) is 1.55. The van der Waals surface area contributed by atoms with Gasteiger partial charge in [0.2, 0.25) is 0 Å². The first-order chi connectivity index (χ1) is 14.1. The first-order valence-corrected chi connectivity index (χ1v) is 10.4. The number of benzene rings is 2. The number of aryl methyl sites for hydroxylation is 1. The SMILES string of the molecule is COc1cc(C(C)=O)ccc1OCC(O)CN(C1CC1)C1CCc2ccccc21. The van der Waals surface area contributed by atoms with Crippen LogP contribution in [0.5, 0.6) is 11.5 Å². The Morgan fingerprint density at radius 2 is 1.97 bits per heavy atom. The molecule has 4 rings (SSSR count). The van der Waals surface area contributed by atoms with Gasteiger partial charge in [-0.05, 0) is 61.9 Å². The maximum atomic E-state index is 11.6. The quantitative estimate of drug-likeness (QED) is 0.655. The Morgan fingerprint density at radius 3 is 2.69 bits per heavy atom. The molecule has 1 N–H and O–H groups in total. The third-order valence-corrected chi connectivity index (χ3v) is 5.94. The number of carbonyl (C=O) groups excluding carboxylic acids is 1. The number of nitrogens with zero attached hydrogens (tertiary/aromatic N) is 1. The molecule has 2 aromatic rings. The average molecular weight is 395 g/mol. The molecule has 2 unspecified atom stereocenters. The van der Waals surface area contributed by atoms with Crippen LogP contribution < -0.4 is 9.47 Å². The molecule has 5 heteroatoms. The van der Waals surface area contributed by atoms with Crippen LogP contribution in [0.15, 0.2) is 42.5 Å². The summed E-state index contributed by atoms with van der Waals surface area (Å²) in [6.45, 7) is 2.30. The van der Waals surface area contributed by atoms with Crippen LogP contribution in [-0.2, 0) is 6.42 Å². The lowest BCUT2D eigenvalue weighted by Crippen LogP contribution is -2.39. The zero-order chi connectivity index (χ0) is 20.4. The molecule has 1 saturated carbocycles. The van der Waals surface area contributed by atoms with Gasteiger partial charge in [-0.15, -0.1) is 0 Å². The van der Waals surface area contributed by atoms with Crippen molar-refractivity contribution in [2.75, 3.05) is 20.3 Å². The van der Waals surface area contributed by atoms with Gasteiger partial charge in [-0.3, -0.25) is 9.69 Å². The number of aliphatic hydroxyl groups excluding tert-OH is 1. The molecule has 5 nitrogen and oxygen atoms in total. The fourth-order valence-electron chi connectivity index (χ4n) is 4.30. The average Bonchev–Trinajstić information content (AvgIpc) is 3.49. The van der Waals surface area contributed by atoms with Gasteiger partial charge in [-0.25, -0.2) is 0 Å². The Kier molecular flexibility index (Phi) is 5.88. The Bertz CT molecular complexity index is 877. The second-order valence-electron chi connectivity index (χ2n) is 8.07. The van der Waals surface area contributed by atoms with Crippen LogP contribution >= 0.6 is 0 Å². The van der Waals surface area contributed by atoms with E-state index in [-0.39, 0.29) is 12.4 Å². The largest absolute Gasteiger partial charge is 0.493 e. The smallest absolute Gasteiger partial charge is 0.161 e. The molecule has 2 aromatic carbocycles. The highest BCUT2D eigenvalue weighted by Gasteiger charge is 2.38. The van der Waals surface area contributed by atoms with E-state index >= 15 is 0 Å². The van der Waals surface area contributed by atoms with Crippen molar-refractivity contribution in [3.63, 3.8) is 0 Å². The van der Waals surface area contributed by atoms with Crippen molar-refractivity contribution in [1.82, 2.24) is 4.90 Å². The molecule has 2 aliphatic rings. The van der Waals surface area contributed by atoms with E-state index < -0.39 is 6.10 Å². The van der Waals surface area contributed by atoms with Gasteiger partial charge in [0.1, 0.15) is 12.7 Å². The van der Waals surface area contributed by atoms with Gasteiger partial charge >= 0.3 is 0 Å². The summed E-state index contributed by atoms with van der Waals surface area (Å²) in [5.41, 5.74) is 3.42. The van der Waals surface area contributed by atoms with Gasteiger partial charge in [-0.2, -0.15) is 0 Å². The van der Waals surface area contributed by atoms with Crippen LogP contribution in [0.1, 0.15) is 53.7 Å². The highest BCUT2D eigenvalue weighted by atomic mass is 16.5. The summed E-state index contributed by atoms with van der Waals surface area (Å²) in [6.07, 6.45) is 4.03. The molecule has 0 saturated heterocycles. The van der Waals surface area contributed by atoms with Gasteiger partial charge in [0.25, 0.3) is 0 Å². The van der Waals surface area contributed by atoms with Crippen LogP contribution in [0.25, 0.3) is 0 Å². The normalized spacial score (nSPS) is 19.1. The number of aliphatic hydroxyl groups is 1. The van der Waals surface area contributed by atoms with Gasteiger partial charge < -0.3 is 14.6 Å². The molecule has 0 amide bonds. The van der Waals surface area contributed by atoms with Crippen LogP contribution in [0, 0.1) is 0 Å². The van der Waals surface area contributed by atoms with Gasteiger partial charge in [0.05, 0.1) is 7.11 Å². The summed E-state index contributed by atoms with van der Waals surface area (Å²) < 4.78 is 11.2. The Labute approximate surface area is 172 Å². The number of hydrogen-bond acceptors (Lipinski definition) is 5. The van der Waals surface area contributed by atoms with Crippen LogP contribution in [0.4, 0.5) is 0 Å². The number of Topliss-reactive ketones (excluding diaryl/α,β-unsaturated/α-hetero) is 1. The Balaban J connectivity index is 1.40. The van der Waals surface area contributed by atoms with Crippen LogP contribution in [0.3, 0.4) is 0 Å². The summed E-state index contributed by atoms with van der Waals surface area (Å²) in [4.78, 5) is 14.0. The third-order valence-electron chi connectivity index (χ3n) is 5.94. The number of methoxy groups -OCH3 is 1. The molecule has 0 aromatic heterocycles. The van der Waals surface area contributed by atoms with E-state index in [0.717, 1.165) is 12.8 Å². The van der Waals surface area contributed by atoms with Crippen LogP contribution in [-0.4, -0.2) is 48.2 Å². The highest BCUT2D eigenvalue weighted by molar-refractivity contribution is 5.94. The third kappa shape index (κ3) is 4.46. The topological polar surface area (TPSA) is 59.0 Å². The number of carbonyl (C=O) groups is 1. The van der Waals surface area contributed by atoms with E-state index in [4.69, 9.17) is 9.47 Å². The summed E-state index contributed by atoms with van der Waals surface area (Å²) in [5, 5.41) is 10.7. The number of ether oxygens (including phenoxy) is 2. The van der Waals surface area contributed by atoms with E-state index in [2.05, 4.69) is 29.2 Å². The maximum Gasteiger partial charge on any atom is 0.161 e. The lowest BCUT2D eigenvalue weighted by Gasteiger charge is -2.31. The molecule has 0 aliphatic heterocycles. The fraction of sp³-hybridized carbons (Fsp3) is 0.458. The van der Waals surface area contributed by atoms with Gasteiger partial charge in [0.15, 0.2) is 17.3 Å². The maximum absolute atomic E-state index is 11.6. The van der Waals surface area contributed by atoms with Crippen molar-refractivity contribution in [3.8, 4) is 11.5 Å². The molecular formula is C24H29NO4. The number of ketones is 1. The summed E-state index contributed by atoms with van der Waals surface area (Å²) >= 11 is 0. The molecule has 29 heavy (non-hydrogen) atoms. The van der Waals surface area contributed by atoms with E-state index in [9.17, 15) is 9.90 Å². The first-order valence-electron chi connectivity index (χ1n) is 10.4. The molecule has 2 aliphatic carbocycles. The predicted octanol–water partition coefficient (Wildman–Crippen LogP) is 3.79. The molecular weight excluding hydrogens is 366 g/mol. The minimum Gasteiger partial charge on any atom is -0.493 e. The van der Waals surface area contributed by atoms with Crippen molar-refractivity contribution in [2.45, 2.75) is 50.8 Å². The predicted molar refractivity (Wildman–Crippen MR) is 112 cm³/mol. The summed E-state index contributed by atoms with van der Waals surface area (Å²) in [6, 6.07) is 14.7. The van der Waals surface area contributed by atoms with E-state index in [1.165, 1.54) is 30.9 Å². The van der Waals surface area contributed by atoms with Crippen molar-refractivity contribution in [3.05, 3.63) is 59.2 Å². The van der Waals surface area contributed by atoms with Crippen molar-refractivity contribution >= 4 is 5.78 Å². The van der Waals surface area contributed by atoms with E-state index in [1.807, 2.05) is 0 Å². The molecule has 154 valence electrons. The Hall–Kier alpha value is -2.37.